The Balaban J connectivity index is 2.02. The minimum atomic E-state index is 0.0930. The number of nitrogens with one attached hydrogen (secondary N) is 3. The van der Waals surface area contributed by atoms with Gasteiger partial charge in [-0.15, -0.1) is 0 Å². The molecule has 1 heterocycles. The van der Waals surface area contributed by atoms with Crippen LogP contribution in [-0.2, 0) is 11.2 Å². The van der Waals surface area contributed by atoms with Crippen molar-refractivity contribution in [2.24, 2.45) is 0 Å². The number of rotatable bonds is 7. The van der Waals surface area contributed by atoms with E-state index in [1.165, 1.54) is 0 Å². The summed E-state index contributed by atoms with van der Waals surface area (Å²) in [5.41, 5.74) is 1.04. The zero-order valence-corrected chi connectivity index (χ0v) is 9.05. The van der Waals surface area contributed by atoms with Crippen LogP contribution in [0.1, 0.15) is 19.0 Å². The molecule has 84 valence electrons. The largest absolute Gasteiger partial charge is 0.356 e. The van der Waals surface area contributed by atoms with Crippen LogP contribution in [0.15, 0.2) is 12.5 Å². The van der Waals surface area contributed by atoms with E-state index in [2.05, 4.69) is 20.6 Å². The van der Waals surface area contributed by atoms with Gasteiger partial charge < -0.3 is 15.6 Å². The van der Waals surface area contributed by atoms with Crippen LogP contribution in [0.5, 0.6) is 0 Å². The van der Waals surface area contributed by atoms with Crippen molar-refractivity contribution >= 4 is 5.91 Å². The molecule has 0 unspecified atom stereocenters. The predicted molar refractivity (Wildman–Crippen MR) is 58.5 cm³/mol. The van der Waals surface area contributed by atoms with Gasteiger partial charge in [0.05, 0.1) is 6.33 Å². The van der Waals surface area contributed by atoms with Crippen molar-refractivity contribution in [3.05, 3.63) is 18.2 Å². The van der Waals surface area contributed by atoms with Gasteiger partial charge in [0.1, 0.15) is 0 Å². The second kappa shape index (κ2) is 7.00. The second-order valence-electron chi connectivity index (χ2n) is 3.28. The van der Waals surface area contributed by atoms with Gasteiger partial charge in [-0.05, 0) is 6.54 Å². The van der Waals surface area contributed by atoms with E-state index in [1.54, 1.807) is 12.5 Å². The van der Waals surface area contributed by atoms with E-state index >= 15 is 0 Å². The monoisotopic (exact) mass is 210 g/mol. The molecule has 1 aromatic rings. The van der Waals surface area contributed by atoms with Crippen molar-refractivity contribution in [1.29, 1.82) is 0 Å². The summed E-state index contributed by atoms with van der Waals surface area (Å²) in [5, 5.41) is 5.96. The summed E-state index contributed by atoms with van der Waals surface area (Å²) in [6.07, 6.45) is 4.75. The maximum atomic E-state index is 11.3. The smallest absolute Gasteiger partial charge is 0.221 e. The summed E-state index contributed by atoms with van der Waals surface area (Å²) in [6.45, 7) is 4.33. The summed E-state index contributed by atoms with van der Waals surface area (Å²) in [7, 11) is 0. The van der Waals surface area contributed by atoms with Crippen molar-refractivity contribution in [3.63, 3.8) is 0 Å². The molecule has 1 aromatic heterocycles. The zero-order valence-electron chi connectivity index (χ0n) is 9.05. The molecule has 5 heteroatoms. The van der Waals surface area contributed by atoms with Gasteiger partial charge in [-0.3, -0.25) is 4.79 Å². The third-order valence-corrected chi connectivity index (χ3v) is 2.05. The number of H-pyrrole nitrogens is 1. The molecule has 0 aliphatic carbocycles. The molecule has 5 nitrogen and oxygen atoms in total. The Morgan fingerprint density at radius 3 is 3.07 bits per heavy atom. The lowest BCUT2D eigenvalue weighted by Crippen LogP contribution is -2.29. The standard InChI is InChI=1S/C10H18N4O/c1-2-11-5-4-10(15)13-6-3-9-7-12-8-14-9/h7-8,11H,2-6H2,1H3,(H,12,14)(H,13,15). The highest BCUT2D eigenvalue weighted by Gasteiger charge is 2.00. The number of carbonyl (C=O) groups excluding carboxylic acids is 1. The molecule has 0 fully saturated rings. The quantitative estimate of drug-likeness (QED) is 0.558. The zero-order chi connectivity index (χ0) is 10.9. The maximum Gasteiger partial charge on any atom is 0.221 e. The second-order valence-corrected chi connectivity index (χ2v) is 3.28. The number of nitrogens with zero attached hydrogens (tertiary/aromatic N) is 1. The number of carbonyl (C=O) groups is 1. The minimum absolute atomic E-state index is 0.0930. The number of amides is 1. The number of hydrogen-bond acceptors (Lipinski definition) is 3. The molecule has 0 saturated heterocycles. The van der Waals surface area contributed by atoms with Crippen LogP contribution in [0.25, 0.3) is 0 Å². The molecular formula is C10H18N4O. The van der Waals surface area contributed by atoms with Gasteiger partial charge in [0.15, 0.2) is 0 Å². The Hall–Kier alpha value is -1.36. The van der Waals surface area contributed by atoms with Gasteiger partial charge in [-0.2, -0.15) is 0 Å². The Kier molecular flexibility index (Phi) is 5.47. The van der Waals surface area contributed by atoms with Crippen LogP contribution in [0, 0.1) is 0 Å². The van der Waals surface area contributed by atoms with E-state index in [-0.39, 0.29) is 5.91 Å². The first-order valence-corrected chi connectivity index (χ1v) is 5.27. The van der Waals surface area contributed by atoms with Crippen LogP contribution in [0.3, 0.4) is 0 Å². The minimum Gasteiger partial charge on any atom is -0.356 e. The van der Waals surface area contributed by atoms with Crippen molar-refractivity contribution < 1.29 is 4.79 Å². The first-order valence-electron chi connectivity index (χ1n) is 5.27. The normalized spacial score (nSPS) is 10.2. The topological polar surface area (TPSA) is 69.8 Å². The van der Waals surface area contributed by atoms with Gasteiger partial charge in [0.25, 0.3) is 0 Å². The van der Waals surface area contributed by atoms with E-state index in [9.17, 15) is 4.79 Å². The van der Waals surface area contributed by atoms with Crippen LogP contribution in [-0.4, -0.2) is 35.5 Å². The molecule has 0 radical (unpaired) electrons. The molecule has 0 bridgehead atoms. The number of imidazole rings is 1. The number of hydrogen-bond donors (Lipinski definition) is 3. The van der Waals surface area contributed by atoms with Crippen LogP contribution >= 0.6 is 0 Å². The lowest BCUT2D eigenvalue weighted by atomic mass is 10.3. The summed E-state index contributed by atoms with van der Waals surface area (Å²) < 4.78 is 0. The fourth-order valence-electron chi connectivity index (χ4n) is 1.23. The van der Waals surface area contributed by atoms with E-state index in [0.29, 0.717) is 13.0 Å². The molecule has 0 aromatic carbocycles. The lowest BCUT2D eigenvalue weighted by Gasteiger charge is -2.04. The molecule has 0 aliphatic rings. The van der Waals surface area contributed by atoms with E-state index in [1.807, 2.05) is 6.92 Å². The third-order valence-electron chi connectivity index (χ3n) is 2.05. The summed E-state index contributed by atoms with van der Waals surface area (Å²) >= 11 is 0. The van der Waals surface area contributed by atoms with E-state index in [4.69, 9.17) is 0 Å². The van der Waals surface area contributed by atoms with Crippen LogP contribution < -0.4 is 10.6 Å². The molecular weight excluding hydrogens is 192 g/mol. The van der Waals surface area contributed by atoms with Crippen LogP contribution in [0.4, 0.5) is 0 Å². The molecule has 0 atom stereocenters. The van der Waals surface area contributed by atoms with Crippen molar-refractivity contribution in [2.45, 2.75) is 19.8 Å². The van der Waals surface area contributed by atoms with Gasteiger partial charge in [0.2, 0.25) is 5.91 Å². The van der Waals surface area contributed by atoms with Crippen LogP contribution in [0.2, 0.25) is 0 Å². The SMILES string of the molecule is CCNCCC(=O)NCCc1cnc[nH]1. The predicted octanol–water partition coefficient (Wildman–Crippen LogP) is 0.0680. The molecule has 0 aliphatic heterocycles. The van der Waals surface area contributed by atoms with Gasteiger partial charge in [-0.1, -0.05) is 6.92 Å². The van der Waals surface area contributed by atoms with E-state index in [0.717, 1.165) is 25.2 Å². The molecule has 1 rings (SSSR count). The van der Waals surface area contributed by atoms with Crippen molar-refractivity contribution in [1.82, 2.24) is 20.6 Å². The Morgan fingerprint density at radius 1 is 1.53 bits per heavy atom. The summed E-state index contributed by atoms with van der Waals surface area (Å²) in [5.74, 6) is 0.0930. The highest BCUT2D eigenvalue weighted by atomic mass is 16.1. The highest BCUT2D eigenvalue weighted by molar-refractivity contribution is 5.76. The fourth-order valence-corrected chi connectivity index (χ4v) is 1.23. The van der Waals surface area contributed by atoms with Crippen molar-refractivity contribution in [2.75, 3.05) is 19.6 Å². The third kappa shape index (κ3) is 5.17. The number of aromatic nitrogens is 2. The molecule has 3 N–H and O–H groups in total. The highest BCUT2D eigenvalue weighted by Crippen LogP contribution is 1.90. The Bertz CT molecular complexity index is 271. The number of aromatic amines is 1. The lowest BCUT2D eigenvalue weighted by molar-refractivity contribution is -0.120. The Labute approximate surface area is 89.7 Å². The summed E-state index contributed by atoms with van der Waals surface area (Å²) in [4.78, 5) is 18.2. The molecule has 1 amide bonds. The van der Waals surface area contributed by atoms with Crippen molar-refractivity contribution in [3.8, 4) is 0 Å². The van der Waals surface area contributed by atoms with Gasteiger partial charge in [-0.25, -0.2) is 4.98 Å². The Morgan fingerprint density at radius 2 is 2.40 bits per heavy atom. The molecule has 0 spiro atoms. The molecule has 15 heavy (non-hydrogen) atoms. The summed E-state index contributed by atoms with van der Waals surface area (Å²) in [6, 6.07) is 0. The average Bonchev–Trinajstić information content (AvgIpc) is 2.71. The van der Waals surface area contributed by atoms with Gasteiger partial charge in [0, 0.05) is 37.8 Å². The van der Waals surface area contributed by atoms with E-state index < -0.39 is 0 Å². The average molecular weight is 210 g/mol. The first-order chi connectivity index (χ1) is 7.33. The first kappa shape index (κ1) is 11.7. The maximum absolute atomic E-state index is 11.3. The molecule has 0 saturated carbocycles. The fraction of sp³-hybridized carbons (Fsp3) is 0.600. The van der Waals surface area contributed by atoms with Gasteiger partial charge >= 0.3 is 0 Å².